The highest BCUT2D eigenvalue weighted by Crippen LogP contribution is 2.28. The summed E-state index contributed by atoms with van der Waals surface area (Å²) in [5.74, 6) is 0. The van der Waals surface area contributed by atoms with E-state index >= 15 is 0 Å². The highest BCUT2D eigenvalue weighted by Gasteiger charge is 2.26. The van der Waals surface area contributed by atoms with E-state index in [1.54, 1.807) is 6.07 Å². The number of hydrogen-bond donors (Lipinski definition) is 0. The Balaban J connectivity index is 1.65. The number of rotatable bonds is 3. The van der Waals surface area contributed by atoms with Gasteiger partial charge in [-0.2, -0.15) is 0 Å². The van der Waals surface area contributed by atoms with Crippen molar-refractivity contribution in [2.24, 2.45) is 0 Å². The summed E-state index contributed by atoms with van der Waals surface area (Å²) in [5.41, 5.74) is 1.74. The molecule has 0 N–H and O–H groups in total. The second kappa shape index (κ2) is 6.80. The molecule has 1 aromatic rings. The van der Waals surface area contributed by atoms with E-state index in [4.69, 9.17) is 11.6 Å². The van der Waals surface area contributed by atoms with Crippen LogP contribution >= 0.6 is 11.6 Å². The Morgan fingerprint density at radius 2 is 1.76 bits per heavy atom. The third-order valence-electron chi connectivity index (χ3n) is 4.83. The monoisotopic (exact) mass is 306 g/mol. The molecular formula is C17H23ClN2O. The summed E-state index contributed by atoms with van der Waals surface area (Å²) in [5, 5.41) is 0.703. The topological polar surface area (TPSA) is 23.6 Å². The van der Waals surface area contributed by atoms with Crippen LogP contribution in [0.2, 0.25) is 5.02 Å². The Morgan fingerprint density at radius 1 is 1.05 bits per heavy atom. The number of carbonyl (C=O) groups excluding carboxylic acids is 1. The summed E-state index contributed by atoms with van der Waals surface area (Å²) >= 11 is 6.09. The van der Waals surface area contributed by atoms with Gasteiger partial charge in [0.1, 0.15) is 0 Å². The van der Waals surface area contributed by atoms with Crippen LogP contribution in [0.1, 0.15) is 42.5 Å². The fraction of sp³-hybridized carbons (Fsp3) is 0.588. The maximum atomic E-state index is 11.2. The Morgan fingerprint density at radius 3 is 2.43 bits per heavy atom. The average Bonchev–Trinajstić information content (AvgIpc) is 2.56. The molecule has 114 valence electrons. The number of likely N-dealkylation sites (tertiary alicyclic amines) is 1. The minimum absolute atomic E-state index is 0.703. The number of hydrogen-bond acceptors (Lipinski definition) is 3. The number of benzene rings is 1. The van der Waals surface area contributed by atoms with E-state index in [0.717, 1.165) is 36.7 Å². The van der Waals surface area contributed by atoms with Gasteiger partial charge in [-0.25, -0.2) is 0 Å². The Kier molecular flexibility index (Phi) is 4.81. The highest BCUT2D eigenvalue weighted by molar-refractivity contribution is 6.31. The van der Waals surface area contributed by atoms with Gasteiger partial charge in [0.25, 0.3) is 0 Å². The van der Waals surface area contributed by atoms with Gasteiger partial charge >= 0.3 is 0 Å². The van der Waals surface area contributed by atoms with Gasteiger partial charge in [0, 0.05) is 35.4 Å². The molecular weight excluding hydrogens is 284 g/mol. The molecule has 0 atom stereocenters. The summed E-state index contributed by atoms with van der Waals surface area (Å²) in [6.45, 7) is 4.56. The number of anilines is 1. The van der Waals surface area contributed by atoms with E-state index in [-0.39, 0.29) is 0 Å². The van der Waals surface area contributed by atoms with Crippen LogP contribution < -0.4 is 4.90 Å². The van der Waals surface area contributed by atoms with Crippen molar-refractivity contribution >= 4 is 23.6 Å². The second-order valence-corrected chi connectivity index (χ2v) is 6.57. The second-order valence-electron chi connectivity index (χ2n) is 6.14. The summed E-state index contributed by atoms with van der Waals surface area (Å²) in [4.78, 5) is 16.2. The van der Waals surface area contributed by atoms with Gasteiger partial charge < -0.3 is 9.80 Å². The molecule has 3 nitrogen and oxygen atoms in total. The normalized spacial score (nSPS) is 21.5. The van der Waals surface area contributed by atoms with Crippen molar-refractivity contribution < 1.29 is 4.79 Å². The lowest BCUT2D eigenvalue weighted by Gasteiger charge is -2.41. The molecule has 0 aromatic heterocycles. The van der Waals surface area contributed by atoms with Crippen LogP contribution in [0.15, 0.2) is 18.2 Å². The molecule has 0 spiro atoms. The lowest BCUT2D eigenvalue weighted by atomic mass is 9.99. The van der Waals surface area contributed by atoms with Gasteiger partial charge in [0.15, 0.2) is 6.29 Å². The zero-order valence-electron chi connectivity index (χ0n) is 12.4. The SMILES string of the molecule is O=Cc1ccc(Cl)cc1N1CCC(N2CCCCC2)CC1. The van der Waals surface area contributed by atoms with Crippen molar-refractivity contribution in [1.82, 2.24) is 4.90 Å². The third-order valence-corrected chi connectivity index (χ3v) is 5.07. The molecule has 0 amide bonds. The smallest absolute Gasteiger partial charge is 0.152 e. The largest absolute Gasteiger partial charge is 0.371 e. The quantitative estimate of drug-likeness (QED) is 0.797. The first-order chi connectivity index (χ1) is 10.3. The van der Waals surface area contributed by atoms with Crippen molar-refractivity contribution in [3.05, 3.63) is 28.8 Å². The van der Waals surface area contributed by atoms with Gasteiger partial charge in [-0.05, 0) is 57.0 Å². The Bertz CT molecular complexity index is 492. The Hall–Kier alpha value is -1.06. The highest BCUT2D eigenvalue weighted by atomic mass is 35.5. The first-order valence-corrected chi connectivity index (χ1v) is 8.39. The van der Waals surface area contributed by atoms with Crippen LogP contribution in [0.4, 0.5) is 5.69 Å². The van der Waals surface area contributed by atoms with Crippen LogP contribution in [0.3, 0.4) is 0 Å². The third kappa shape index (κ3) is 3.41. The molecule has 2 fully saturated rings. The summed E-state index contributed by atoms with van der Waals surface area (Å²) in [6, 6.07) is 6.25. The number of carbonyl (C=O) groups is 1. The molecule has 2 heterocycles. The lowest BCUT2D eigenvalue weighted by molar-refractivity contribution is 0.112. The molecule has 0 radical (unpaired) electrons. The van der Waals surface area contributed by atoms with Crippen LogP contribution in [-0.2, 0) is 0 Å². The van der Waals surface area contributed by atoms with Crippen LogP contribution in [0.25, 0.3) is 0 Å². The van der Waals surface area contributed by atoms with Gasteiger partial charge in [0.2, 0.25) is 0 Å². The molecule has 0 unspecified atom stereocenters. The van der Waals surface area contributed by atoms with Gasteiger partial charge in [-0.1, -0.05) is 18.0 Å². The number of halogens is 1. The van der Waals surface area contributed by atoms with Crippen LogP contribution in [0, 0.1) is 0 Å². The maximum Gasteiger partial charge on any atom is 0.152 e. The summed E-state index contributed by atoms with van der Waals surface area (Å²) in [6.07, 6.45) is 7.39. The molecule has 3 rings (SSSR count). The minimum atomic E-state index is 0.703. The average molecular weight is 307 g/mol. The van der Waals surface area contributed by atoms with E-state index in [0.29, 0.717) is 5.02 Å². The zero-order chi connectivity index (χ0) is 14.7. The van der Waals surface area contributed by atoms with E-state index in [1.807, 2.05) is 12.1 Å². The predicted octanol–water partition coefficient (Wildman–Crippen LogP) is 3.61. The molecule has 2 saturated heterocycles. The fourth-order valence-electron chi connectivity index (χ4n) is 3.65. The molecule has 21 heavy (non-hydrogen) atoms. The van der Waals surface area contributed by atoms with Gasteiger partial charge in [-0.3, -0.25) is 4.79 Å². The van der Waals surface area contributed by atoms with Crippen molar-refractivity contribution in [3.63, 3.8) is 0 Å². The molecule has 4 heteroatoms. The zero-order valence-corrected chi connectivity index (χ0v) is 13.2. The number of piperidine rings is 2. The van der Waals surface area contributed by atoms with Crippen molar-refractivity contribution in [1.29, 1.82) is 0 Å². The maximum absolute atomic E-state index is 11.2. The van der Waals surface area contributed by atoms with Crippen molar-refractivity contribution in [2.45, 2.75) is 38.1 Å². The van der Waals surface area contributed by atoms with Gasteiger partial charge in [-0.15, -0.1) is 0 Å². The van der Waals surface area contributed by atoms with Crippen molar-refractivity contribution in [3.8, 4) is 0 Å². The minimum Gasteiger partial charge on any atom is -0.371 e. The molecule has 1 aromatic carbocycles. The van der Waals surface area contributed by atoms with Crippen LogP contribution in [0.5, 0.6) is 0 Å². The lowest BCUT2D eigenvalue weighted by Crippen LogP contribution is -2.46. The summed E-state index contributed by atoms with van der Waals surface area (Å²) in [7, 11) is 0. The van der Waals surface area contributed by atoms with Gasteiger partial charge in [0.05, 0.1) is 0 Å². The first kappa shape index (κ1) is 14.9. The summed E-state index contributed by atoms with van der Waals surface area (Å²) < 4.78 is 0. The van der Waals surface area contributed by atoms with Crippen molar-refractivity contribution in [2.75, 3.05) is 31.1 Å². The predicted molar refractivity (Wildman–Crippen MR) is 87.5 cm³/mol. The molecule has 0 aliphatic carbocycles. The molecule has 0 bridgehead atoms. The molecule has 2 aliphatic rings. The Labute approximate surface area is 131 Å². The molecule has 0 saturated carbocycles. The van der Waals surface area contributed by atoms with E-state index in [1.165, 1.54) is 45.2 Å². The standard InChI is InChI=1S/C17H23ClN2O/c18-15-5-4-14(13-21)17(12-15)20-10-6-16(7-11-20)19-8-2-1-3-9-19/h4-5,12-13,16H,1-3,6-11H2. The van der Waals surface area contributed by atoms with E-state index in [2.05, 4.69) is 9.80 Å². The van der Waals surface area contributed by atoms with E-state index in [9.17, 15) is 4.79 Å². The van der Waals surface area contributed by atoms with Crippen LogP contribution in [-0.4, -0.2) is 43.4 Å². The first-order valence-electron chi connectivity index (χ1n) is 8.01. The number of aldehydes is 1. The van der Waals surface area contributed by atoms with E-state index < -0.39 is 0 Å². The molecule has 2 aliphatic heterocycles. The number of nitrogens with zero attached hydrogens (tertiary/aromatic N) is 2. The fourth-order valence-corrected chi connectivity index (χ4v) is 3.81.